The molecule has 2 saturated heterocycles. The van der Waals surface area contributed by atoms with E-state index >= 15 is 0 Å². The smallest absolute Gasteiger partial charge is 0.417 e. The Morgan fingerprint density at radius 3 is 2.17 bits per heavy atom. The first kappa shape index (κ1) is 52.0. The third-order valence-electron chi connectivity index (χ3n) is 12.3. The lowest BCUT2D eigenvalue weighted by Crippen LogP contribution is -2.57. The molecule has 5 aromatic rings. The maximum atomic E-state index is 14.0. The predicted molar refractivity (Wildman–Crippen MR) is 267 cm³/mol. The molecule has 1 unspecified atom stereocenters. The van der Waals surface area contributed by atoms with Crippen LogP contribution >= 0.6 is 23.6 Å². The van der Waals surface area contributed by atoms with Crippen LogP contribution in [0, 0.1) is 23.7 Å². The number of benzene rings is 4. The largest absolute Gasteiger partial charge is 0.493 e. The van der Waals surface area contributed by atoms with Gasteiger partial charge in [-0.05, 0) is 110 Å². The number of hydrogen-bond acceptors (Lipinski definition) is 11. The lowest BCUT2D eigenvalue weighted by atomic mass is 9.85. The number of aromatic nitrogens is 1. The molecule has 0 spiro atoms. The maximum absolute atomic E-state index is 14.0. The number of nitrogens with zero attached hydrogens (tertiary/aromatic N) is 5. The second-order valence-corrected chi connectivity index (χ2v) is 20.2. The van der Waals surface area contributed by atoms with Gasteiger partial charge < -0.3 is 35.0 Å². The van der Waals surface area contributed by atoms with Crippen LogP contribution in [0.25, 0.3) is 10.4 Å². The van der Waals surface area contributed by atoms with Crippen molar-refractivity contribution in [3.63, 3.8) is 0 Å². The molecule has 3 N–H and O–H groups in total. The zero-order valence-electron chi connectivity index (χ0n) is 40.0. The molecule has 4 amide bonds. The van der Waals surface area contributed by atoms with Crippen LogP contribution in [0.2, 0.25) is 0 Å². The van der Waals surface area contributed by atoms with Gasteiger partial charge in [-0.15, -0.1) is 11.3 Å². The molecule has 4 aromatic carbocycles. The van der Waals surface area contributed by atoms with Crippen LogP contribution in [0.5, 0.6) is 11.5 Å². The van der Waals surface area contributed by atoms with Crippen molar-refractivity contribution in [2.24, 2.45) is 5.41 Å². The van der Waals surface area contributed by atoms with Crippen LogP contribution in [0.1, 0.15) is 75.4 Å². The zero-order chi connectivity index (χ0) is 51.4. The standard InChI is InChI=1S/C52H54F3N7O7S2/c1-31-44(71-30-58-31)34-11-7-33(8-12-34)28-57-46(65)42-26-38(63)29-60(42)47(66)45(50(2,3)4)59-43(64)22-24-69-39-17-9-32(10-18-39)21-23-68-40-19-15-36(16-20-40)62-49(70)61(48(67)51(62,5)6)37-14-13-35(27-56)41(25-37)52(53,54)55/h7-20,25,30,38,42,45,63H,21-24,26,28-29H2,1-6H3,(H,57,65)(H,59,64)/t38-,42+,45?/m1/s1. The van der Waals surface area contributed by atoms with Crippen molar-refractivity contribution >= 4 is 63.7 Å². The monoisotopic (exact) mass is 1010 g/mol. The molecule has 3 atom stereocenters. The van der Waals surface area contributed by atoms with Crippen molar-refractivity contribution in [3.8, 4) is 28.0 Å². The number of anilines is 2. The second-order valence-electron chi connectivity index (χ2n) is 18.9. The quantitative estimate of drug-likeness (QED) is 0.0814. The number of halogens is 3. The number of likely N-dealkylation sites (tertiary alicyclic amines) is 1. The lowest BCUT2D eigenvalue weighted by Gasteiger charge is -2.35. The molecule has 3 heterocycles. The lowest BCUT2D eigenvalue weighted by molar-refractivity contribution is -0.144. The van der Waals surface area contributed by atoms with Gasteiger partial charge in [-0.2, -0.15) is 18.4 Å². The van der Waals surface area contributed by atoms with E-state index in [0.717, 1.165) is 44.3 Å². The van der Waals surface area contributed by atoms with E-state index in [2.05, 4.69) is 15.6 Å². The summed E-state index contributed by atoms with van der Waals surface area (Å²) in [4.78, 5) is 63.7. The summed E-state index contributed by atoms with van der Waals surface area (Å²) in [5, 5.41) is 25.6. The van der Waals surface area contributed by atoms with Gasteiger partial charge in [-0.3, -0.25) is 24.1 Å². The summed E-state index contributed by atoms with van der Waals surface area (Å²) in [6.07, 6.45) is -5.13. The van der Waals surface area contributed by atoms with Gasteiger partial charge in [-0.1, -0.05) is 57.2 Å². The zero-order valence-corrected chi connectivity index (χ0v) is 41.6. The highest BCUT2D eigenvalue weighted by Gasteiger charge is 2.51. The summed E-state index contributed by atoms with van der Waals surface area (Å²) in [7, 11) is 0. The third-order valence-corrected chi connectivity index (χ3v) is 13.7. The Labute approximate surface area is 419 Å². The van der Waals surface area contributed by atoms with E-state index < -0.39 is 64.2 Å². The highest BCUT2D eigenvalue weighted by Crippen LogP contribution is 2.40. The number of alkyl halides is 3. The number of nitriles is 1. The average molecular weight is 1010 g/mol. The Bertz CT molecular complexity index is 2820. The molecule has 0 saturated carbocycles. The average Bonchev–Trinajstić information content (AvgIpc) is 3.99. The SMILES string of the molecule is Cc1ncsc1-c1ccc(CNC(=O)[C@@H]2C[C@@H](O)CN2C(=O)C(NC(=O)CCOc2ccc(CCOc3ccc(N4C(=S)N(c5ccc(C#N)c(C(F)(F)F)c5)C(=O)C4(C)C)cc3)cc2)C(C)(C)C)cc1. The molecule has 7 rings (SSSR count). The van der Waals surface area contributed by atoms with E-state index in [9.17, 15) is 42.7 Å². The summed E-state index contributed by atoms with van der Waals surface area (Å²) >= 11 is 7.20. The van der Waals surface area contributed by atoms with Crippen LogP contribution in [0.3, 0.4) is 0 Å². The predicted octanol–water partition coefficient (Wildman–Crippen LogP) is 8.13. The number of β-amino-alcohol motifs (C(OH)–C–C–N with tert-alkyl or cyclic N) is 1. The number of aliphatic hydroxyl groups excluding tert-OH is 1. The van der Waals surface area contributed by atoms with E-state index in [1.54, 1.807) is 78.1 Å². The minimum absolute atomic E-state index is 0.0158. The van der Waals surface area contributed by atoms with Gasteiger partial charge in [0.1, 0.15) is 29.1 Å². The van der Waals surface area contributed by atoms with E-state index in [4.69, 9.17) is 21.7 Å². The molecule has 372 valence electrons. The van der Waals surface area contributed by atoms with Gasteiger partial charge in [0.05, 0.1) is 64.7 Å². The number of amides is 4. The fourth-order valence-corrected chi connectivity index (χ4v) is 9.80. The number of thiazole rings is 1. The summed E-state index contributed by atoms with van der Waals surface area (Å²) in [6, 6.07) is 24.6. The van der Waals surface area contributed by atoms with E-state index in [1.807, 2.05) is 64.1 Å². The maximum Gasteiger partial charge on any atom is 0.417 e. The third kappa shape index (κ3) is 11.8. The minimum Gasteiger partial charge on any atom is -0.493 e. The molecule has 0 bridgehead atoms. The van der Waals surface area contributed by atoms with E-state index in [1.165, 1.54) is 11.0 Å². The molecular formula is C52H54F3N7O7S2. The van der Waals surface area contributed by atoms with Crippen molar-refractivity contribution in [2.75, 3.05) is 29.6 Å². The second kappa shape index (κ2) is 21.2. The number of nitrogens with one attached hydrogen (secondary N) is 2. The van der Waals surface area contributed by atoms with Crippen LogP contribution < -0.4 is 29.9 Å². The first-order valence-electron chi connectivity index (χ1n) is 22.9. The fraction of sp³-hybridized carbons (Fsp3) is 0.365. The molecule has 2 fully saturated rings. The van der Waals surface area contributed by atoms with E-state index in [-0.39, 0.29) is 49.2 Å². The summed E-state index contributed by atoms with van der Waals surface area (Å²) in [6.45, 7) is 11.2. The molecule has 19 heteroatoms. The van der Waals surface area contributed by atoms with Gasteiger partial charge in [0.25, 0.3) is 5.91 Å². The molecule has 2 aliphatic heterocycles. The number of aryl methyl sites for hydroxylation is 1. The Balaban J connectivity index is 0.863. The number of thiocarbonyl (C=S) groups is 1. The number of rotatable bonds is 16. The molecule has 0 aliphatic carbocycles. The van der Waals surface area contributed by atoms with Crippen LogP contribution in [-0.4, -0.2) is 87.2 Å². The molecular weight excluding hydrogens is 956 g/mol. The number of ether oxygens (including phenoxy) is 2. The van der Waals surface area contributed by atoms with Crippen LogP contribution in [-0.2, 0) is 38.3 Å². The highest BCUT2D eigenvalue weighted by atomic mass is 32.1. The van der Waals surface area contributed by atoms with Gasteiger partial charge in [0, 0.05) is 31.6 Å². The highest BCUT2D eigenvalue weighted by molar-refractivity contribution is 7.81. The van der Waals surface area contributed by atoms with Crippen molar-refractivity contribution in [1.29, 1.82) is 5.26 Å². The summed E-state index contributed by atoms with van der Waals surface area (Å²) < 4.78 is 53.1. The van der Waals surface area contributed by atoms with Crippen molar-refractivity contribution in [2.45, 2.75) is 97.3 Å². The van der Waals surface area contributed by atoms with Crippen molar-refractivity contribution in [3.05, 3.63) is 124 Å². The summed E-state index contributed by atoms with van der Waals surface area (Å²) in [5.41, 5.74) is 2.35. The molecule has 14 nitrogen and oxygen atoms in total. The fourth-order valence-electron chi connectivity index (χ4n) is 8.47. The van der Waals surface area contributed by atoms with E-state index in [0.29, 0.717) is 30.2 Å². The van der Waals surface area contributed by atoms with Gasteiger partial charge in [0.15, 0.2) is 5.11 Å². The van der Waals surface area contributed by atoms with Gasteiger partial charge >= 0.3 is 6.18 Å². The number of carbonyl (C=O) groups excluding carboxylic acids is 4. The molecule has 2 aliphatic rings. The Hall–Kier alpha value is -6.88. The molecule has 0 radical (unpaired) electrons. The van der Waals surface area contributed by atoms with Crippen molar-refractivity contribution in [1.82, 2.24) is 20.5 Å². The van der Waals surface area contributed by atoms with Crippen LogP contribution in [0.15, 0.2) is 96.5 Å². The normalized spacial score (nSPS) is 17.2. The van der Waals surface area contributed by atoms with Gasteiger partial charge in [0.2, 0.25) is 17.7 Å². The van der Waals surface area contributed by atoms with Crippen LogP contribution in [0.4, 0.5) is 24.5 Å². The Kier molecular flexibility index (Phi) is 15.5. The van der Waals surface area contributed by atoms with Gasteiger partial charge in [-0.25, -0.2) is 4.98 Å². The first-order valence-corrected chi connectivity index (χ1v) is 24.1. The molecule has 1 aromatic heterocycles. The number of carbonyl (C=O) groups is 4. The topological polar surface area (TPSA) is 177 Å². The number of hydrogen-bond donors (Lipinski definition) is 3. The number of aliphatic hydroxyl groups is 1. The van der Waals surface area contributed by atoms with Crippen molar-refractivity contribution < 1.29 is 46.9 Å². The minimum atomic E-state index is -4.81. The Morgan fingerprint density at radius 1 is 0.944 bits per heavy atom. The summed E-state index contributed by atoms with van der Waals surface area (Å²) in [5.74, 6) is -0.717. The Morgan fingerprint density at radius 2 is 1.56 bits per heavy atom. The molecule has 71 heavy (non-hydrogen) atoms. The first-order chi connectivity index (χ1) is 33.6.